The largest absolute Gasteiger partial charge is 0.493 e. The van der Waals surface area contributed by atoms with Gasteiger partial charge in [0, 0.05) is 7.05 Å². The zero-order valence-electron chi connectivity index (χ0n) is 15.4. The third-order valence-electron chi connectivity index (χ3n) is 3.44. The van der Waals surface area contributed by atoms with E-state index < -0.39 is 11.9 Å². The molecule has 1 aromatic heterocycles. The molecule has 0 fully saturated rings. The van der Waals surface area contributed by atoms with E-state index in [4.69, 9.17) is 14.2 Å². The molecule has 0 radical (unpaired) electrons. The Balaban J connectivity index is 2.07. The van der Waals surface area contributed by atoms with Gasteiger partial charge in [0.1, 0.15) is 18.0 Å². The molecule has 0 aliphatic carbocycles. The van der Waals surface area contributed by atoms with Crippen molar-refractivity contribution >= 4 is 11.9 Å². The van der Waals surface area contributed by atoms with Gasteiger partial charge in [-0.15, -0.1) is 0 Å². The lowest BCUT2D eigenvalue weighted by Crippen LogP contribution is -2.09. The van der Waals surface area contributed by atoms with Gasteiger partial charge in [-0.2, -0.15) is 5.10 Å². The molecule has 0 saturated carbocycles. The molecule has 0 atom stereocenters. The van der Waals surface area contributed by atoms with E-state index in [-0.39, 0.29) is 18.4 Å². The molecule has 0 N–H and O–H groups in total. The van der Waals surface area contributed by atoms with Gasteiger partial charge < -0.3 is 18.9 Å². The topological polar surface area (TPSA) is 88.9 Å². The molecule has 0 amide bonds. The summed E-state index contributed by atoms with van der Waals surface area (Å²) < 4.78 is 22.2. The fourth-order valence-corrected chi connectivity index (χ4v) is 2.26. The number of methoxy groups -OCH3 is 2. The Morgan fingerprint density at radius 1 is 1.12 bits per heavy atom. The van der Waals surface area contributed by atoms with Gasteiger partial charge in [-0.25, -0.2) is 9.59 Å². The summed E-state index contributed by atoms with van der Waals surface area (Å²) in [7, 11) is 4.39. The van der Waals surface area contributed by atoms with Crippen molar-refractivity contribution in [3.8, 4) is 11.5 Å². The summed E-state index contributed by atoms with van der Waals surface area (Å²) >= 11 is 0. The summed E-state index contributed by atoms with van der Waals surface area (Å²) in [6, 6.07) is 6.32. The van der Waals surface area contributed by atoms with Gasteiger partial charge in [0.2, 0.25) is 0 Å². The van der Waals surface area contributed by atoms with Crippen LogP contribution in [0.25, 0.3) is 0 Å². The Morgan fingerprint density at radius 3 is 2.46 bits per heavy atom. The number of aromatic nitrogens is 2. The number of rotatable bonds is 7. The highest BCUT2D eigenvalue weighted by Crippen LogP contribution is 2.29. The molecule has 8 nitrogen and oxygen atoms in total. The van der Waals surface area contributed by atoms with Gasteiger partial charge in [-0.1, -0.05) is 0 Å². The minimum Gasteiger partial charge on any atom is -0.493 e. The minimum atomic E-state index is -0.537. The SMILES string of the molecule is COC(=O)c1cc(COC(=O)c2ccc(OC(C)C)c(OC)c2)nn1C. The first-order valence-electron chi connectivity index (χ1n) is 7.98. The molecule has 0 spiro atoms. The third kappa shape index (κ3) is 4.53. The van der Waals surface area contributed by atoms with Crippen LogP contribution >= 0.6 is 0 Å². The summed E-state index contributed by atoms with van der Waals surface area (Å²) in [5.41, 5.74) is 1.03. The molecular formula is C18H22N2O6. The van der Waals surface area contributed by atoms with E-state index in [1.165, 1.54) is 25.0 Å². The second-order valence-corrected chi connectivity index (χ2v) is 5.74. The maximum absolute atomic E-state index is 12.3. The van der Waals surface area contributed by atoms with Gasteiger partial charge in [-0.3, -0.25) is 4.68 Å². The second kappa shape index (κ2) is 8.37. The Bertz CT molecular complexity index is 797. The van der Waals surface area contributed by atoms with Crippen LogP contribution in [0.2, 0.25) is 0 Å². The average Bonchev–Trinajstić information content (AvgIpc) is 2.99. The number of carbonyl (C=O) groups is 2. The van der Waals surface area contributed by atoms with Crippen molar-refractivity contribution < 1.29 is 28.5 Å². The van der Waals surface area contributed by atoms with Crippen molar-refractivity contribution in [3.05, 3.63) is 41.2 Å². The number of ether oxygens (including phenoxy) is 4. The number of benzene rings is 1. The van der Waals surface area contributed by atoms with Gasteiger partial charge in [0.15, 0.2) is 11.5 Å². The van der Waals surface area contributed by atoms with Crippen LogP contribution < -0.4 is 9.47 Å². The molecule has 140 valence electrons. The van der Waals surface area contributed by atoms with E-state index in [0.717, 1.165) is 0 Å². The second-order valence-electron chi connectivity index (χ2n) is 5.74. The average molecular weight is 362 g/mol. The maximum atomic E-state index is 12.3. The van der Waals surface area contributed by atoms with Crippen LogP contribution in [0.4, 0.5) is 0 Å². The van der Waals surface area contributed by atoms with E-state index in [0.29, 0.717) is 22.8 Å². The van der Waals surface area contributed by atoms with Gasteiger partial charge >= 0.3 is 11.9 Å². The molecule has 1 heterocycles. The molecule has 0 saturated heterocycles. The van der Waals surface area contributed by atoms with Crippen LogP contribution in [0, 0.1) is 0 Å². The first-order chi connectivity index (χ1) is 12.3. The summed E-state index contributed by atoms with van der Waals surface area (Å²) in [6.07, 6.45) is -0.0186. The fourth-order valence-electron chi connectivity index (χ4n) is 2.26. The lowest BCUT2D eigenvalue weighted by molar-refractivity contribution is 0.0466. The van der Waals surface area contributed by atoms with Crippen molar-refractivity contribution in [3.63, 3.8) is 0 Å². The third-order valence-corrected chi connectivity index (χ3v) is 3.44. The predicted octanol–water partition coefficient (Wildman–Crippen LogP) is 2.36. The first kappa shape index (κ1) is 19.3. The van der Waals surface area contributed by atoms with Crippen molar-refractivity contribution in [1.29, 1.82) is 0 Å². The van der Waals surface area contributed by atoms with E-state index >= 15 is 0 Å². The van der Waals surface area contributed by atoms with Crippen LogP contribution in [-0.2, 0) is 23.1 Å². The summed E-state index contributed by atoms with van der Waals surface area (Å²) in [4.78, 5) is 23.8. The summed E-state index contributed by atoms with van der Waals surface area (Å²) in [6.45, 7) is 3.73. The van der Waals surface area contributed by atoms with Gasteiger partial charge in [0.05, 0.1) is 25.9 Å². The Morgan fingerprint density at radius 2 is 1.85 bits per heavy atom. The Labute approximate surface area is 151 Å². The zero-order chi connectivity index (χ0) is 19.3. The highest BCUT2D eigenvalue weighted by atomic mass is 16.5. The van der Waals surface area contributed by atoms with Crippen LogP contribution in [-0.4, -0.2) is 42.0 Å². The van der Waals surface area contributed by atoms with Crippen LogP contribution in [0.1, 0.15) is 40.4 Å². The van der Waals surface area contributed by atoms with Crippen LogP contribution in [0.15, 0.2) is 24.3 Å². The molecular weight excluding hydrogens is 340 g/mol. The lowest BCUT2D eigenvalue weighted by atomic mass is 10.2. The zero-order valence-corrected chi connectivity index (χ0v) is 15.4. The summed E-state index contributed by atoms with van der Waals surface area (Å²) in [5, 5.41) is 4.12. The van der Waals surface area contributed by atoms with E-state index in [1.54, 1.807) is 25.2 Å². The number of esters is 2. The van der Waals surface area contributed by atoms with E-state index in [2.05, 4.69) is 9.84 Å². The number of hydrogen-bond acceptors (Lipinski definition) is 7. The van der Waals surface area contributed by atoms with Crippen LogP contribution in [0.5, 0.6) is 11.5 Å². The highest BCUT2D eigenvalue weighted by Gasteiger charge is 2.16. The molecule has 0 aliphatic heterocycles. The lowest BCUT2D eigenvalue weighted by Gasteiger charge is -2.14. The number of hydrogen-bond donors (Lipinski definition) is 0. The van der Waals surface area contributed by atoms with Gasteiger partial charge in [0.25, 0.3) is 0 Å². The van der Waals surface area contributed by atoms with E-state index in [9.17, 15) is 9.59 Å². The molecule has 0 aliphatic rings. The fraction of sp³-hybridized carbons (Fsp3) is 0.389. The number of nitrogens with zero attached hydrogens (tertiary/aromatic N) is 2. The Hall–Kier alpha value is -3.03. The first-order valence-corrected chi connectivity index (χ1v) is 7.98. The molecule has 8 heteroatoms. The van der Waals surface area contributed by atoms with Gasteiger partial charge in [-0.05, 0) is 38.1 Å². The molecule has 2 rings (SSSR count). The molecule has 26 heavy (non-hydrogen) atoms. The van der Waals surface area contributed by atoms with Crippen molar-refractivity contribution in [2.45, 2.75) is 26.6 Å². The number of carbonyl (C=O) groups excluding carboxylic acids is 2. The smallest absolute Gasteiger partial charge is 0.356 e. The quantitative estimate of drug-likeness (QED) is 0.699. The van der Waals surface area contributed by atoms with Crippen molar-refractivity contribution in [1.82, 2.24) is 9.78 Å². The maximum Gasteiger partial charge on any atom is 0.356 e. The molecule has 1 aromatic carbocycles. The summed E-state index contributed by atoms with van der Waals surface area (Å²) in [5.74, 6) is -0.0572. The highest BCUT2D eigenvalue weighted by molar-refractivity contribution is 5.90. The monoisotopic (exact) mass is 362 g/mol. The number of aryl methyl sites for hydroxylation is 1. The molecule has 0 bridgehead atoms. The standard InChI is InChI=1S/C18H22N2O6/c1-11(2)26-15-7-6-12(8-16(15)23-4)17(21)25-10-13-9-14(18(22)24-5)20(3)19-13/h6-9,11H,10H2,1-5H3. The van der Waals surface area contributed by atoms with Crippen LogP contribution in [0.3, 0.4) is 0 Å². The van der Waals surface area contributed by atoms with Crippen molar-refractivity contribution in [2.24, 2.45) is 7.05 Å². The van der Waals surface area contributed by atoms with Crippen molar-refractivity contribution in [2.75, 3.05) is 14.2 Å². The minimum absolute atomic E-state index is 0.0186. The molecule has 0 unspecified atom stereocenters. The molecule has 2 aromatic rings. The Kier molecular flexibility index (Phi) is 6.21. The van der Waals surface area contributed by atoms with E-state index in [1.807, 2.05) is 13.8 Å². The predicted molar refractivity (Wildman–Crippen MR) is 92.4 cm³/mol. The normalized spacial score (nSPS) is 10.5.